The maximum absolute atomic E-state index is 15.9. The molecule has 6 heterocycles. The van der Waals surface area contributed by atoms with Gasteiger partial charge in [-0.05, 0) is 67.8 Å². The second kappa shape index (κ2) is 15.1. The van der Waals surface area contributed by atoms with E-state index in [1.165, 1.54) is 0 Å². The molecule has 0 aliphatic carbocycles. The Morgan fingerprint density at radius 3 is 2.39 bits per heavy atom. The van der Waals surface area contributed by atoms with Crippen LogP contribution in [0.15, 0.2) is 72.9 Å². The molecule has 3 aliphatic heterocycles. The minimum atomic E-state index is -0.899. The molecule has 2 aromatic carbocycles. The molecule has 2 fully saturated rings. The zero-order chi connectivity index (χ0) is 37.4. The summed E-state index contributed by atoms with van der Waals surface area (Å²) >= 11 is 6.30. The lowest BCUT2D eigenvalue weighted by Gasteiger charge is -2.34. The zero-order valence-electron chi connectivity index (χ0n) is 30.6. The second-order valence-electron chi connectivity index (χ2n) is 14.3. The molecule has 0 spiro atoms. The monoisotopic (exact) mass is 756 g/mol. The van der Waals surface area contributed by atoms with Crippen LogP contribution in [0.3, 0.4) is 0 Å². The van der Waals surface area contributed by atoms with Crippen LogP contribution < -0.4 is 28.7 Å². The minimum Gasteiger partial charge on any atom is -0.497 e. The Labute approximate surface area is 318 Å². The molecule has 1 unspecified atom stereocenters. The third-order valence-electron chi connectivity index (χ3n) is 11.0. The quantitative estimate of drug-likeness (QED) is 0.117. The predicted octanol–water partition coefficient (Wildman–Crippen LogP) is 7.96. The van der Waals surface area contributed by atoms with Crippen molar-refractivity contribution in [2.75, 3.05) is 56.9 Å². The average molecular weight is 757 g/mol. The molecule has 54 heavy (non-hydrogen) atoms. The molecule has 282 valence electrons. The van der Waals surface area contributed by atoms with Crippen molar-refractivity contribution in [3.63, 3.8) is 0 Å². The van der Waals surface area contributed by atoms with Crippen LogP contribution >= 0.6 is 11.6 Å². The number of fused-ring (bicyclic) bond motifs is 1. The van der Waals surface area contributed by atoms with Gasteiger partial charge in [-0.1, -0.05) is 41.9 Å². The van der Waals surface area contributed by atoms with Crippen LogP contribution in [0.1, 0.15) is 48.9 Å². The minimum absolute atomic E-state index is 0.0132. The fraction of sp³-hybridized carbons (Fsp3) is 0.390. The number of hydrogen-bond acceptors (Lipinski definition) is 10. The van der Waals surface area contributed by atoms with Gasteiger partial charge in [-0.15, -0.1) is 0 Å². The number of hydrogen-bond donors (Lipinski definition) is 0. The number of nitrogens with zero attached hydrogens (tertiary/aromatic N) is 6. The maximum Gasteiger partial charge on any atom is 0.226 e. The summed E-state index contributed by atoms with van der Waals surface area (Å²) in [4.78, 5) is 20.5. The number of pyridine rings is 3. The zero-order valence-corrected chi connectivity index (χ0v) is 31.4. The molecule has 2 saturated heterocycles. The Hall–Kier alpha value is -4.94. The molecule has 0 saturated carbocycles. The van der Waals surface area contributed by atoms with E-state index in [-0.39, 0.29) is 41.7 Å². The first-order valence-corrected chi connectivity index (χ1v) is 18.7. The number of halogens is 3. The molecular formula is C41H43ClF2N6O4. The highest BCUT2D eigenvalue weighted by molar-refractivity contribution is 6.30. The van der Waals surface area contributed by atoms with Gasteiger partial charge in [-0.3, -0.25) is 4.90 Å². The van der Waals surface area contributed by atoms with Gasteiger partial charge in [0, 0.05) is 43.9 Å². The van der Waals surface area contributed by atoms with Gasteiger partial charge >= 0.3 is 0 Å². The van der Waals surface area contributed by atoms with Crippen LogP contribution in [0.5, 0.6) is 23.3 Å². The highest BCUT2D eigenvalue weighted by atomic mass is 35.5. The molecule has 13 heteroatoms. The van der Waals surface area contributed by atoms with Crippen molar-refractivity contribution >= 4 is 34.0 Å². The lowest BCUT2D eigenvalue weighted by molar-refractivity contribution is 0.111. The number of aromatic nitrogens is 3. The van der Waals surface area contributed by atoms with Crippen LogP contribution in [0.2, 0.25) is 5.15 Å². The Morgan fingerprint density at radius 1 is 1.00 bits per heavy atom. The van der Waals surface area contributed by atoms with Gasteiger partial charge in [0.1, 0.15) is 42.2 Å². The van der Waals surface area contributed by atoms with Gasteiger partial charge in [-0.2, -0.15) is 4.98 Å². The first-order valence-electron chi connectivity index (χ1n) is 18.3. The van der Waals surface area contributed by atoms with Gasteiger partial charge in [0.2, 0.25) is 11.8 Å². The molecule has 8 rings (SSSR count). The highest BCUT2D eigenvalue weighted by Gasteiger charge is 2.49. The number of anilines is 2. The van der Waals surface area contributed by atoms with Crippen LogP contribution in [-0.2, 0) is 13.1 Å². The molecule has 0 amide bonds. The van der Waals surface area contributed by atoms with E-state index in [0.29, 0.717) is 43.7 Å². The van der Waals surface area contributed by atoms with E-state index in [4.69, 9.17) is 35.5 Å². The SMILES string of the molecule is COc1ccc(CN(Cc2ccc(OC)cc2)c2ncccc2C(C)N2CCOc3nc(Cl)c(F)c4nc(OC[C@@]56CCCN5C[C@H](F)C6)cc2c34)cc1. The number of alkyl halides is 1. The topological polar surface area (TPSA) is 85.3 Å². The Balaban J connectivity index is 1.18. The second-order valence-corrected chi connectivity index (χ2v) is 14.6. The standard InChI is InChI=1S/C41H43ClF2N6O4/c1-26(32-6-4-16-45-39(32)48(22-27-7-11-30(51-2)12-8-27)23-28-9-13-31(52-3)14-10-28)50-18-19-53-40-35-33(50)20-34(46-37(35)36(44)38(42)47-40)54-25-41-15-5-17-49(41)24-29(43)21-41/h4,6-14,16,20,26,29H,5,15,17-19,21-25H2,1-3H3/t26?,29-,41+/m1/s1. The van der Waals surface area contributed by atoms with Crippen LogP contribution in [0.4, 0.5) is 20.3 Å². The van der Waals surface area contributed by atoms with Crippen molar-refractivity contribution in [3.8, 4) is 23.3 Å². The molecule has 0 bridgehead atoms. The van der Waals surface area contributed by atoms with Gasteiger partial charge in [0.05, 0.1) is 43.4 Å². The Bertz CT molecular complexity index is 2080. The van der Waals surface area contributed by atoms with Gasteiger partial charge in [-0.25, -0.2) is 18.7 Å². The van der Waals surface area contributed by atoms with E-state index in [1.54, 1.807) is 20.4 Å². The van der Waals surface area contributed by atoms with Crippen LogP contribution in [0, 0.1) is 5.82 Å². The largest absolute Gasteiger partial charge is 0.497 e. The predicted molar refractivity (Wildman–Crippen MR) is 204 cm³/mol. The normalized spacial score (nSPS) is 20.0. The number of benzene rings is 2. The highest BCUT2D eigenvalue weighted by Crippen LogP contribution is 2.45. The molecule has 10 nitrogen and oxygen atoms in total. The van der Waals surface area contributed by atoms with Crippen LogP contribution in [-0.4, -0.2) is 78.6 Å². The lowest BCUT2D eigenvalue weighted by Crippen LogP contribution is -2.43. The first-order chi connectivity index (χ1) is 26.2. The molecule has 0 N–H and O–H groups in total. The molecule has 3 aliphatic rings. The lowest BCUT2D eigenvalue weighted by atomic mass is 9.95. The summed E-state index contributed by atoms with van der Waals surface area (Å²) in [6.45, 7) is 5.46. The van der Waals surface area contributed by atoms with Crippen molar-refractivity contribution < 1.29 is 27.7 Å². The molecular weight excluding hydrogens is 714 g/mol. The van der Waals surface area contributed by atoms with Crippen molar-refractivity contribution in [2.45, 2.75) is 57.0 Å². The summed E-state index contributed by atoms with van der Waals surface area (Å²) in [5.74, 6) is 2.06. The molecule has 3 atom stereocenters. The van der Waals surface area contributed by atoms with E-state index in [1.807, 2.05) is 36.4 Å². The summed E-state index contributed by atoms with van der Waals surface area (Å²) in [7, 11) is 3.31. The molecule has 5 aromatic rings. The molecule has 3 aromatic heterocycles. The average Bonchev–Trinajstić information content (AvgIpc) is 3.66. The third-order valence-corrected chi connectivity index (χ3v) is 11.3. The summed E-state index contributed by atoms with van der Waals surface area (Å²) in [5, 5.41) is 0.0891. The van der Waals surface area contributed by atoms with Crippen molar-refractivity contribution in [3.05, 3.63) is 101 Å². The summed E-state index contributed by atoms with van der Waals surface area (Å²) < 4.78 is 53.9. The Morgan fingerprint density at radius 2 is 1.70 bits per heavy atom. The fourth-order valence-electron chi connectivity index (χ4n) is 8.27. The summed E-state index contributed by atoms with van der Waals surface area (Å²) in [6.07, 6.45) is 3.13. The van der Waals surface area contributed by atoms with Crippen molar-refractivity contribution in [1.82, 2.24) is 19.9 Å². The van der Waals surface area contributed by atoms with E-state index < -0.39 is 17.5 Å². The third kappa shape index (κ3) is 6.93. The van der Waals surface area contributed by atoms with Crippen molar-refractivity contribution in [1.29, 1.82) is 0 Å². The van der Waals surface area contributed by atoms with E-state index >= 15 is 4.39 Å². The van der Waals surface area contributed by atoms with E-state index in [9.17, 15) is 4.39 Å². The summed E-state index contributed by atoms with van der Waals surface area (Å²) in [5.41, 5.74) is 3.39. The van der Waals surface area contributed by atoms with Crippen LogP contribution in [0.25, 0.3) is 10.9 Å². The van der Waals surface area contributed by atoms with Gasteiger partial charge < -0.3 is 28.7 Å². The summed E-state index contributed by atoms with van der Waals surface area (Å²) in [6, 6.07) is 21.6. The van der Waals surface area contributed by atoms with Gasteiger partial charge in [0.15, 0.2) is 11.0 Å². The van der Waals surface area contributed by atoms with E-state index in [0.717, 1.165) is 53.4 Å². The maximum atomic E-state index is 15.9. The van der Waals surface area contributed by atoms with Gasteiger partial charge in [0.25, 0.3) is 0 Å². The number of rotatable bonds is 12. The fourth-order valence-corrected chi connectivity index (χ4v) is 8.44. The number of ether oxygens (including phenoxy) is 4. The van der Waals surface area contributed by atoms with Crippen molar-refractivity contribution in [2.24, 2.45) is 0 Å². The number of methoxy groups -OCH3 is 2. The first kappa shape index (κ1) is 36.1. The van der Waals surface area contributed by atoms with E-state index in [2.05, 4.69) is 61.9 Å². The molecule has 0 radical (unpaired) electrons. The Kier molecular flexibility index (Phi) is 10.1. The smallest absolute Gasteiger partial charge is 0.226 e.